The third kappa shape index (κ3) is 4.85. The number of aryl methyl sites for hydroxylation is 1. The molecule has 4 rings (SSSR count). The van der Waals surface area contributed by atoms with Gasteiger partial charge in [-0.25, -0.2) is 9.82 Å². The molecule has 0 unspecified atom stereocenters. The number of carbonyl (C=O) groups excluding carboxylic acids is 2. The lowest BCUT2D eigenvalue weighted by atomic mass is 9.93. The predicted molar refractivity (Wildman–Crippen MR) is 117 cm³/mol. The molecule has 2 N–H and O–H groups in total. The van der Waals surface area contributed by atoms with Gasteiger partial charge in [0.05, 0.1) is 5.71 Å². The van der Waals surface area contributed by atoms with E-state index in [2.05, 4.69) is 15.8 Å². The molecule has 2 amide bonds. The Kier molecular flexibility index (Phi) is 6.30. The van der Waals surface area contributed by atoms with Crippen molar-refractivity contribution in [1.29, 1.82) is 0 Å². The Morgan fingerprint density at radius 3 is 2.59 bits per heavy atom. The third-order valence-electron chi connectivity index (χ3n) is 5.06. The van der Waals surface area contributed by atoms with Crippen LogP contribution in [-0.4, -0.2) is 24.1 Å². The highest BCUT2D eigenvalue weighted by molar-refractivity contribution is 6.09. The van der Waals surface area contributed by atoms with E-state index in [0.717, 1.165) is 12.0 Å². The van der Waals surface area contributed by atoms with E-state index in [1.54, 1.807) is 19.1 Å². The highest BCUT2D eigenvalue weighted by atomic mass is 19.1. The first kappa shape index (κ1) is 21.3. The summed E-state index contributed by atoms with van der Waals surface area (Å²) in [4.78, 5) is 24.8. The van der Waals surface area contributed by atoms with Gasteiger partial charge in [-0.3, -0.25) is 9.59 Å². The number of fused-ring (bicyclic) bond motifs is 1. The number of hydrazone groups is 1. The van der Waals surface area contributed by atoms with Crippen LogP contribution >= 0.6 is 0 Å². The number of amides is 2. The summed E-state index contributed by atoms with van der Waals surface area (Å²) in [5.74, 6) is 0.230. The number of anilines is 1. The first-order chi connectivity index (χ1) is 15.5. The van der Waals surface area contributed by atoms with E-state index >= 15 is 0 Å². The molecule has 0 fully saturated rings. The van der Waals surface area contributed by atoms with E-state index < -0.39 is 5.91 Å². The molecule has 32 heavy (non-hydrogen) atoms. The molecule has 1 aliphatic rings. The summed E-state index contributed by atoms with van der Waals surface area (Å²) in [6.45, 7) is 1.62. The number of hydrogen-bond donors (Lipinski definition) is 2. The number of carbonyl (C=O) groups is 2. The Hall–Kier alpha value is -3.94. The van der Waals surface area contributed by atoms with Gasteiger partial charge in [0.2, 0.25) is 0 Å². The summed E-state index contributed by atoms with van der Waals surface area (Å²) in [7, 11) is 0. The highest BCUT2D eigenvalue weighted by Gasteiger charge is 2.28. The van der Waals surface area contributed by atoms with Crippen LogP contribution in [0.1, 0.15) is 40.3 Å². The van der Waals surface area contributed by atoms with Crippen molar-refractivity contribution in [3.05, 3.63) is 83.1 Å². The molecule has 1 aliphatic carbocycles. The summed E-state index contributed by atoms with van der Waals surface area (Å²) >= 11 is 0. The maximum absolute atomic E-state index is 13.1. The van der Waals surface area contributed by atoms with Crippen LogP contribution in [-0.2, 0) is 11.2 Å². The number of ether oxygens (including phenoxy) is 1. The molecular formula is C24H22FN3O4. The van der Waals surface area contributed by atoms with E-state index in [0.29, 0.717) is 41.3 Å². The van der Waals surface area contributed by atoms with Crippen LogP contribution in [0.3, 0.4) is 0 Å². The third-order valence-corrected chi connectivity index (χ3v) is 5.06. The minimum atomic E-state index is -0.428. The molecule has 1 heterocycles. The Balaban J connectivity index is 1.45. The summed E-state index contributed by atoms with van der Waals surface area (Å²) < 4.78 is 24.3. The lowest BCUT2D eigenvalue weighted by Crippen LogP contribution is -2.27. The van der Waals surface area contributed by atoms with Crippen molar-refractivity contribution in [2.75, 3.05) is 11.9 Å². The number of nitrogens with one attached hydrogen (secondary N) is 2. The zero-order valence-electron chi connectivity index (χ0n) is 17.5. The quantitative estimate of drug-likeness (QED) is 0.567. The highest BCUT2D eigenvalue weighted by Crippen LogP contribution is 2.30. The molecule has 164 valence electrons. The number of hydrogen-bond acceptors (Lipinski definition) is 5. The van der Waals surface area contributed by atoms with Crippen LogP contribution in [0.15, 0.2) is 64.1 Å². The van der Waals surface area contributed by atoms with Gasteiger partial charge in [-0.15, -0.1) is 0 Å². The minimum Gasteiger partial charge on any atom is -0.484 e. The van der Waals surface area contributed by atoms with E-state index in [1.807, 2.05) is 18.2 Å². The average molecular weight is 435 g/mol. The van der Waals surface area contributed by atoms with Crippen molar-refractivity contribution in [3.8, 4) is 5.75 Å². The number of para-hydroxylation sites is 1. The van der Waals surface area contributed by atoms with Gasteiger partial charge in [-0.1, -0.05) is 18.2 Å². The molecule has 0 saturated carbocycles. The van der Waals surface area contributed by atoms with E-state index in [9.17, 15) is 14.0 Å². The molecule has 0 saturated heterocycles. The number of nitrogens with zero attached hydrogens (tertiary/aromatic N) is 1. The summed E-state index contributed by atoms with van der Waals surface area (Å²) in [5.41, 5.74) is 5.02. The van der Waals surface area contributed by atoms with Gasteiger partial charge in [-0.2, -0.15) is 5.10 Å². The second-order valence-electron chi connectivity index (χ2n) is 7.36. The maximum Gasteiger partial charge on any atom is 0.291 e. The SMILES string of the molecule is Cc1c(C(=O)Nc2ccc(F)cc2)oc2c1/C(=N/NC(=O)COc1ccccc1)CCC2. The monoisotopic (exact) mass is 435 g/mol. The second kappa shape index (κ2) is 9.47. The molecule has 0 spiro atoms. The molecular weight excluding hydrogens is 413 g/mol. The predicted octanol–water partition coefficient (Wildman–Crippen LogP) is 4.22. The number of halogens is 1. The smallest absolute Gasteiger partial charge is 0.291 e. The van der Waals surface area contributed by atoms with Crippen LogP contribution in [0.2, 0.25) is 0 Å². The normalized spacial score (nSPS) is 14.0. The molecule has 0 aliphatic heterocycles. The molecule has 0 atom stereocenters. The minimum absolute atomic E-state index is 0.163. The van der Waals surface area contributed by atoms with Gasteiger partial charge >= 0.3 is 0 Å². The van der Waals surface area contributed by atoms with Crippen molar-refractivity contribution < 1.29 is 23.1 Å². The van der Waals surface area contributed by atoms with Gasteiger partial charge < -0.3 is 14.5 Å². The first-order valence-electron chi connectivity index (χ1n) is 10.2. The van der Waals surface area contributed by atoms with Gasteiger partial charge in [0, 0.05) is 23.2 Å². The lowest BCUT2D eigenvalue weighted by molar-refractivity contribution is -0.123. The van der Waals surface area contributed by atoms with Crippen molar-refractivity contribution in [2.45, 2.75) is 26.2 Å². The Morgan fingerprint density at radius 1 is 1.09 bits per heavy atom. The molecule has 0 radical (unpaired) electrons. The molecule has 1 aromatic heterocycles. The number of rotatable bonds is 6. The Bertz CT molecular complexity index is 1150. The van der Waals surface area contributed by atoms with Crippen molar-refractivity contribution >= 4 is 23.2 Å². The van der Waals surface area contributed by atoms with Crippen molar-refractivity contribution in [2.24, 2.45) is 5.10 Å². The fourth-order valence-electron chi connectivity index (χ4n) is 3.55. The van der Waals surface area contributed by atoms with Crippen LogP contribution < -0.4 is 15.5 Å². The summed E-state index contributed by atoms with van der Waals surface area (Å²) in [5, 5.41) is 6.97. The fraction of sp³-hybridized carbons (Fsp3) is 0.208. The zero-order chi connectivity index (χ0) is 22.5. The standard InChI is InChI=1S/C24H22FN3O4/c1-15-22-19(27-28-21(29)14-31-18-6-3-2-4-7-18)8-5-9-20(22)32-23(15)24(30)26-17-12-10-16(25)11-13-17/h2-4,6-7,10-13H,5,8-9,14H2,1H3,(H,26,30)(H,28,29)/b27-19+. The Morgan fingerprint density at radius 2 is 1.84 bits per heavy atom. The number of furan rings is 1. The Labute approximate surface area is 184 Å². The summed E-state index contributed by atoms with van der Waals surface area (Å²) in [6, 6.07) is 14.5. The van der Waals surface area contributed by atoms with Crippen LogP contribution in [0.5, 0.6) is 5.75 Å². The number of benzene rings is 2. The van der Waals surface area contributed by atoms with Gasteiger partial charge in [0.1, 0.15) is 17.3 Å². The second-order valence-corrected chi connectivity index (χ2v) is 7.36. The topological polar surface area (TPSA) is 92.9 Å². The van der Waals surface area contributed by atoms with E-state index in [1.165, 1.54) is 24.3 Å². The molecule has 0 bridgehead atoms. The van der Waals surface area contributed by atoms with Crippen LogP contribution in [0.25, 0.3) is 0 Å². The van der Waals surface area contributed by atoms with Crippen LogP contribution in [0.4, 0.5) is 10.1 Å². The molecule has 8 heteroatoms. The van der Waals surface area contributed by atoms with Gasteiger partial charge in [0.15, 0.2) is 12.4 Å². The average Bonchev–Trinajstić information content (AvgIpc) is 3.16. The molecule has 7 nitrogen and oxygen atoms in total. The van der Waals surface area contributed by atoms with Crippen molar-refractivity contribution in [1.82, 2.24) is 5.43 Å². The van der Waals surface area contributed by atoms with Crippen LogP contribution in [0, 0.1) is 12.7 Å². The van der Waals surface area contributed by atoms with Crippen molar-refractivity contribution in [3.63, 3.8) is 0 Å². The summed E-state index contributed by atoms with van der Waals surface area (Å²) in [6.07, 6.45) is 2.10. The largest absolute Gasteiger partial charge is 0.484 e. The lowest BCUT2D eigenvalue weighted by Gasteiger charge is -2.13. The molecule has 3 aromatic rings. The van der Waals surface area contributed by atoms with Gasteiger partial charge in [0.25, 0.3) is 11.8 Å². The maximum atomic E-state index is 13.1. The van der Waals surface area contributed by atoms with E-state index in [4.69, 9.17) is 9.15 Å². The first-order valence-corrected chi connectivity index (χ1v) is 10.2. The fourth-order valence-corrected chi connectivity index (χ4v) is 3.55. The van der Waals surface area contributed by atoms with E-state index in [-0.39, 0.29) is 24.1 Å². The zero-order valence-corrected chi connectivity index (χ0v) is 17.5. The van der Waals surface area contributed by atoms with Gasteiger partial charge in [-0.05, 0) is 56.2 Å². The molecule has 2 aromatic carbocycles.